The summed E-state index contributed by atoms with van der Waals surface area (Å²) in [5.74, 6) is 0.159. The van der Waals surface area contributed by atoms with Crippen LogP contribution < -0.4 is 15.4 Å². The highest BCUT2D eigenvalue weighted by molar-refractivity contribution is 5.94. The van der Waals surface area contributed by atoms with Crippen LogP contribution in [0.4, 0.5) is 11.4 Å². The fourth-order valence-corrected chi connectivity index (χ4v) is 2.40. The van der Waals surface area contributed by atoms with Crippen LogP contribution in [-0.4, -0.2) is 33.2 Å². The molecule has 0 saturated carbocycles. The molecule has 0 unspecified atom stereocenters. The Morgan fingerprint density at radius 2 is 1.68 bits per heavy atom. The normalized spacial score (nSPS) is 11.5. The van der Waals surface area contributed by atoms with Gasteiger partial charge in [0.25, 0.3) is 5.91 Å². The lowest BCUT2D eigenvalue weighted by Crippen LogP contribution is -2.24. The Bertz CT molecular complexity index is 921. The number of hydrogen-bond donors (Lipinski definition) is 2. The number of carbonyl (C=O) groups excluding carboxylic acids is 2. The van der Waals surface area contributed by atoms with E-state index in [-0.39, 0.29) is 18.4 Å². The minimum atomic E-state index is -0.485. The van der Waals surface area contributed by atoms with Crippen molar-refractivity contribution in [1.29, 1.82) is 0 Å². The predicted octanol–water partition coefficient (Wildman–Crippen LogP) is 2.80. The molecule has 8 nitrogen and oxygen atoms in total. The first-order chi connectivity index (χ1) is 13.5. The molecule has 0 spiro atoms. The molecule has 8 heteroatoms. The van der Waals surface area contributed by atoms with Crippen molar-refractivity contribution in [3.63, 3.8) is 0 Å². The van der Waals surface area contributed by atoms with E-state index in [1.165, 1.54) is 17.3 Å². The molecule has 0 fully saturated rings. The van der Waals surface area contributed by atoms with Crippen molar-refractivity contribution in [2.75, 3.05) is 17.2 Å². The SMILES string of the molecule is Cc1ccc(OCC(=O)Nc2ccc(NC(=O)[C@H](C)n3cncn3)cc2)cc1. The molecule has 0 bridgehead atoms. The number of benzene rings is 2. The van der Waals surface area contributed by atoms with Crippen LogP contribution in [-0.2, 0) is 9.59 Å². The maximum atomic E-state index is 12.2. The van der Waals surface area contributed by atoms with Gasteiger partial charge in [0.1, 0.15) is 24.4 Å². The van der Waals surface area contributed by atoms with Crippen LogP contribution in [0.15, 0.2) is 61.2 Å². The molecule has 28 heavy (non-hydrogen) atoms. The van der Waals surface area contributed by atoms with Crippen LogP contribution >= 0.6 is 0 Å². The van der Waals surface area contributed by atoms with Crippen LogP contribution in [0.25, 0.3) is 0 Å². The van der Waals surface area contributed by atoms with Crippen LogP contribution in [0.2, 0.25) is 0 Å². The maximum absolute atomic E-state index is 12.2. The van der Waals surface area contributed by atoms with Gasteiger partial charge in [-0.15, -0.1) is 0 Å². The lowest BCUT2D eigenvalue weighted by atomic mass is 10.2. The van der Waals surface area contributed by atoms with Gasteiger partial charge < -0.3 is 15.4 Å². The number of rotatable bonds is 7. The number of amides is 2. The molecule has 1 heterocycles. The first-order valence-corrected chi connectivity index (χ1v) is 8.75. The summed E-state index contributed by atoms with van der Waals surface area (Å²) < 4.78 is 6.92. The van der Waals surface area contributed by atoms with Gasteiger partial charge in [0, 0.05) is 11.4 Å². The first-order valence-electron chi connectivity index (χ1n) is 8.75. The number of nitrogens with one attached hydrogen (secondary N) is 2. The third kappa shape index (κ3) is 5.16. The second kappa shape index (κ2) is 8.81. The molecule has 0 radical (unpaired) electrons. The number of hydrogen-bond acceptors (Lipinski definition) is 5. The van der Waals surface area contributed by atoms with E-state index in [2.05, 4.69) is 20.7 Å². The van der Waals surface area contributed by atoms with E-state index < -0.39 is 6.04 Å². The van der Waals surface area contributed by atoms with Crippen molar-refractivity contribution in [1.82, 2.24) is 14.8 Å². The molecule has 1 aromatic heterocycles. The van der Waals surface area contributed by atoms with Gasteiger partial charge in [0.15, 0.2) is 6.61 Å². The van der Waals surface area contributed by atoms with E-state index in [0.717, 1.165) is 5.56 Å². The third-order valence-electron chi connectivity index (χ3n) is 4.04. The number of aryl methyl sites for hydroxylation is 1. The molecule has 2 N–H and O–H groups in total. The molecule has 144 valence electrons. The van der Waals surface area contributed by atoms with Gasteiger partial charge in [-0.05, 0) is 50.2 Å². The number of anilines is 2. The Hall–Kier alpha value is -3.68. The van der Waals surface area contributed by atoms with Crippen LogP contribution in [0.3, 0.4) is 0 Å². The largest absolute Gasteiger partial charge is 0.484 e. The fourth-order valence-electron chi connectivity index (χ4n) is 2.40. The van der Waals surface area contributed by atoms with E-state index >= 15 is 0 Å². The molecule has 0 aliphatic heterocycles. The third-order valence-corrected chi connectivity index (χ3v) is 4.04. The minimum Gasteiger partial charge on any atom is -0.484 e. The molecular formula is C20H21N5O3. The van der Waals surface area contributed by atoms with Gasteiger partial charge in [-0.1, -0.05) is 17.7 Å². The molecule has 0 aliphatic carbocycles. The second-order valence-corrected chi connectivity index (χ2v) is 6.27. The van der Waals surface area contributed by atoms with E-state index in [1.807, 2.05) is 31.2 Å². The molecule has 0 aliphatic rings. The molecule has 3 aromatic rings. The van der Waals surface area contributed by atoms with Crippen molar-refractivity contribution in [3.05, 3.63) is 66.7 Å². The zero-order chi connectivity index (χ0) is 19.9. The summed E-state index contributed by atoms with van der Waals surface area (Å²) in [6.45, 7) is 3.63. The summed E-state index contributed by atoms with van der Waals surface area (Å²) in [7, 11) is 0. The lowest BCUT2D eigenvalue weighted by molar-refractivity contribution is -0.119. The summed E-state index contributed by atoms with van der Waals surface area (Å²) in [6, 6.07) is 13.8. The minimum absolute atomic E-state index is 0.0863. The van der Waals surface area contributed by atoms with Gasteiger partial charge in [-0.2, -0.15) is 5.10 Å². The number of carbonyl (C=O) groups is 2. The fraction of sp³-hybridized carbons (Fsp3) is 0.200. The number of aromatic nitrogens is 3. The van der Waals surface area contributed by atoms with Gasteiger partial charge in [0.05, 0.1) is 0 Å². The summed E-state index contributed by atoms with van der Waals surface area (Å²) in [5, 5.41) is 9.50. The summed E-state index contributed by atoms with van der Waals surface area (Å²) in [4.78, 5) is 28.1. The lowest BCUT2D eigenvalue weighted by Gasteiger charge is -2.12. The first kappa shape index (κ1) is 19.1. The van der Waals surface area contributed by atoms with Crippen molar-refractivity contribution in [2.24, 2.45) is 0 Å². The van der Waals surface area contributed by atoms with E-state index in [0.29, 0.717) is 17.1 Å². The van der Waals surface area contributed by atoms with Crippen LogP contribution in [0, 0.1) is 6.92 Å². The van der Waals surface area contributed by atoms with E-state index in [1.54, 1.807) is 31.2 Å². The molecule has 0 saturated heterocycles. The molecule has 2 amide bonds. The summed E-state index contributed by atoms with van der Waals surface area (Å²) >= 11 is 0. The average Bonchev–Trinajstić information content (AvgIpc) is 3.23. The Kier molecular flexibility index (Phi) is 6.01. The molecular weight excluding hydrogens is 358 g/mol. The number of ether oxygens (including phenoxy) is 1. The Morgan fingerprint density at radius 1 is 1.04 bits per heavy atom. The second-order valence-electron chi connectivity index (χ2n) is 6.27. The smallest absolute Gasteiger partial charge is 0.262 e. The average molecular weight is 379 g/mol. The highest BCUT2D eigenvalue weighted by atomic mass is 16.5. The summed E-state index contributed by atoms with van der Waals surface area (Å²) in [6.07, 6.45) is 2.87. The highest BCUT2D eigenvalue weighted by Gasteiger charge is 2.15. The maximum Gasteiger partial charge on any atom is 0.262 e. The van der Waals surface area contributed by atoms with Gasteiger partial charge in [-0.3, -0.25) is 9.59 Å². The standard InChI is InChI=1S/C20H21N5O3/c1-14-3-9-18(10-4-14)28-11-19(26)23-16-5-7-17(8-6-16)24-20(27)15(2)25-13-21-12-22-25/h3-10,12-13,15H,11H2,1-2H3,(H,23,26)(H,24,27)/t15-/m0/s1. The van der Waals surface area contributed by atoms with Gasteiger partial charge in [0.2, 0.25) is 5.91 Å². The Balaban J connectivity index is 1.49. The monoisotopic (exact) mass is 379 g/mol. The van der Waals surface area contributed by atoms with Crippen LogP contribution in [0.1, 0.15) is 18.5 Å². The molecule has 2 aromatic carbocycles. The predicted molar refractivity (Wildman–Crippen MR) is 105 cm³/mol. The van der Waals surface area contributed by atoms with E-state index in [9.17, 15) is 9.59 Å². The van der Waals surface area contributed by atoms with Crippen molar-refractivity contribution >= 4 is 23.2 Å². The Morgan fingerprint density at radius 3 is 2.29 bits per heavy atom. The molecule has 3 rings (SSSR count). The molecule has 1 atom stereocenters. The number of nitrogens with zero attached hydrogens (tertiary/aromatic N) is 3. The zero-order valence-electron chi connectivity index (χ0n) is 15.6. The highest BCUT2D eigenvalue weighted by Crippen LogP contribution is 2.16. The van der Waals surface area contributed by atoms with Gasteiger partial charge >= 0.3 is 0 Å². The van der Waals surface area contributed by atoms with Crippen molar-refractivity contribution in [2.45, 2.75) is 19.9 Å². The quantitative estimate of drug-likeness (QED) is 0.658. The van der Waals surface area contributed by atoms with E-state index in [4.69, 9.17) is 4.74 Å². The Labute approximate surface area is 162 Å². The van der Waals surface area contributed by atoms with Crippen LogP contribution in [0.5, 0.6) is 5.75 Å². The zero-order valence-corrected chi connectivity index (χ0v) is 15.6. The van der Waals surface area contributed by atoms with Crippen molar-refractivity contribution in [3.8, 4) is 5.75 Å². The summed E-state index contributed by atoms with van der Waals surface area (Å²) in [5.41, 5.74) is 2.35. The van der Waals surface area contributed by atoms with Crippen molar-refractivity contribution < 1.29 is 14.3 Å². The van der Waals surface area contributed by atoms with Gasteiger partial charge in [-0.25, -0.2) is 9.67 Å². The topological polar surface area (TPSA) is 98.1 Å².